The van der Waals surface area contributed by atoms with Gasteiger partial charge in [0.2, 0.25) is 5.91 Å². The molecule has 104 valence electrons. The lowest BCUT2D eigenvalue weighted by molar-refractivity contribution is -0.133. The summed E-state index contributed by atoms with van der Waals surface area (Å²) >= 11 is 0. The van der Waals surface area contributed by atoms with Crippen LogP contribution in [0.3, 0.4) is 0 Å². The summed E-state index contributed by atoms with van der Waals surface area (Å²) in [4.78, 5) is 14.2. The number of amides is 1. The van der Waals surface area contributed by atoms with E-state index in [9.17, 15) is 4.79 Å². The first kappa shape index (κ1) is 14.1. The number of hydrogen-bond donors (Lipinski definition) is 1. The SMILES string of the molecule is CC1(C)CCN(C(=O)CC(N)c2ccccc2)CC1. The third-order valence-corrected chi connectivity index (χ3v) is 4.09. The van der Waals surface area contributed by atoms with Crippen LogP contribution in [0, 0.1) is 5.41 Å². The Bertz CT molecular complexity index is 418. The van der Waals surface area contributed by atoms with E-state index in [-0.39, 0.29) is 11.9 Å². The molecule has 1 aliphatic heterocycles. The Morgan fingerprint density at radius 2 is 1.84 bits per heavy atom. The van der Waals surface area contributed by atoms with Gasteiger partial charge in [-0.25, -0.2) is 0 Å². The molecule has 0 aromatic heterocycles. The molecular weight excluding hydrogens is 236 g/mol. The van der Waals surface area contributed by atoms with Crippen LogP contribution in [0.15, 0.2) is 30.3 Å². The molecule has 1 unspecified atom stereocenters. The van der Waals surface area contributed by atoms with Crippen molar-refractivity contribution in [3.05, 3.63) is 35.9 Å². The average Bonchev–Trinajstić information content (AvgIpc) is 2.39. The molecule has 1 amide bonds. The van der Waals surface area contributed by atoms with Crippen molar-refractivity contribution in [1.29, 1.82) is 0 Å². The molecule has 0 aliphatic carbocycles. The summed E-state index contributed by atoms with van der Waals surface area (Å²) < 4.78 is 0. The summed E-state index contributed by atoms with van der Waals surface area (Å²) in [6.45, 7) is 6.27. The summed E-state index contributed by atoms with van der Waals surface area (Å²) in [5, 5.41) is 0. The molecule has 2 rings (SSSR count). The predicted molar refractivity (Wildman–Crippen MR) is 77.6 cm³/mol. The summed E-state index contributed by atoms with van der Waals surface area (Å²) in [6, 6.07) is 9.66. The minimum absolute atomic E-state index is 0.187. The Morgan fingerprint density at radius 3 is 2.42 bits per heavy atom. The Labute approximate surface area is 115 Å². The van der Waals surface area contributed by atoms with E-state index >= 15 is 0 Å². The van der Waals surface area contributed by atoms with Crippen LogP contribution in [0.25, 0.3) is 0 Å². The molecule has 0 bridgehead atoms. The van der Waals surface area contributed by atoms with Crippen molar-refractivity contribution in [3.63, 3.8) is 0 Å². The summed E-state index contributed by atoms with van der Waals surface area (Å²) in [5.41, 5.74) is 7.52. The second kappa shape index (κ2) is 5.74. The first-order chi connectivity index (χ1) is 8.98. The molecule has 0 spiro atoms. The fourth-order valence-electron chi connectivity index (χ4n) is 2.50. The minimum atomic E-state index is -0.191. The number of rotatable bonds is 3. The summed E-state index contributed by atoms with van der Waals surface area (Å²) in [7, 11) is 0. The molecule has 2 N–H and O–H groups in total. The Balaban J connectivity index is 1.88. The van der Waals surface area contributed by atoms with Crippen LogP contribution in [-0.4, -0.2) is 23.9 Å². The molecule has 1 fully saturated rings. The number of nitrogens with zero attached hydrogens (tertiary/aromatic N) is 1. The standard InChI is InChI=1S/C16H24N2O/c1-16(2)8-10-18(11-9-16)15(19)12-14(17)13-6-4-3-5-7-13/h3-7,14H,8-12,17H2,1-2H3. The molecular formula is C16H24N2O. The van der Waals surface area contributed by atoms with Crippen LogP contribution in [-0.2, 0) is 4.79 Å². The van der Waals surface area contributed by atoms with Gasteiger partial charge < -0.3 is 10.6 Å². The summed E-state index contributed by atoms with van der Waals surface area (Å²) in [5.74, 6) is 0.187. The maximum atomic E-state index is 12.2. The number of benzene rings is 1. The van der Waals surface area contributed by atoms with Gasteiger partial charge in [-0.1, -0.05) is 44.2 Å². The highest BCUT2D eigenvalue weighted by molar-refractivity contribution is 5.77. The van der Waals surface area contributed by atoms with Crippen molar-refractivity contribution < 1.29 is 4.79 Å². The van der Waals surface area contributed by atoms with Crippen LogP contribution in [0.5, 0.6) is 0 Å². The van der Waals surface area contributed by atoms with Crippen molar-refractivity contribution in [2.75, 3.05) is 13.1 Å². The maximum absolute atomic E-state index is 12.2. The van der Waals surface area contributed by atoms with E-state index in [2.05, 4.69) is 13.8 Å². The molecule has 1 atom stereocenters. The third kappa shape index (κ3) is 3.80. The number of carbonyl (C=O) groups excluding carboxylic acids is 1. The van der Waals surface area contributed by atoms with Crippen molar-refractivity contribution in [3.8, 4) is 0 Å². The van der Waals surface area contributed by atoms with Crippen molar-refractivity contribution in [1.82, 2.24) is 4.90 Å². The van der Waals surface area contributed by atoms with Gasteiger partial charge in [0.1, 0.15) is 0 Å². The average molecular weight is 260 g/mol. The summed E-state index contributed by atoms with van der Waals surface area (Å²) in [6.07, 6.45) is 2.57. The molecule has 1 aromatic rings. The van der Waals surface area contributed by atoms with Crippen molar-refractivity contribution in [2.24, 2.45) is 11.1 Å². The highest BCUT2D eigenvalue weighted by Crippen LogP contribution is 2.30. The molecule has 3 heteroatoms. The van der Waals surface area contributed by atoms with Gasteiger partial charge in [0.25, 0.3) is 0 Å². The lowest BCUT2D eigenvalue weighted by Crippen LogP contribution is -2.42. The zero-order valence-electron chi connectivity index (χ0n) is 11.9. The second-order valence-electron chi connectivity index (χ2n) is 6.27. The maximum Gasteiger partial charge on any atom is 0.224 e. The van der Waals surface area contributed by atoms with E-state index in [4.69, 9.17) is 5.73 Å². The Hall–Kier alpha value is -1.35. The van der Waals surface area contributed by atoms with Gasteiger partial charge in [0.15, 0.2) is 0 Å². The predicted octanol–water partition coefficient (Wildman–Crippen LogP) is 2.73. The Morgan fingerprint density at radius 1 is 1.26 bits per heavy atom. The zero-order chi connectivity index (χ0) is 13.9. The number of piperidine rings is 1. The first-order valence-corrected chi connectivity index (χ1v) is 7.06. The monoisotopic (exact) mass is 260 g/mol. The molecule has 1 aromatic carbocycles. The number of nitrogens with two attached hydrogens (primary N) is 1. The molecule has 0 saturated carbocycles. The normalized spacial score (nSPS) is 20.1. The third-order valence-electron chi connectivity index (χ3n) is 4.09. The zero-order valence-corrected chi connectivity index (χ0v) is 11.9. The minimum Gasteiger partial charge on any atom is -0.343 e. The molecule has 0 radical (unpaired) electrons. The fourth-order valence-corrected chi connectivity index (χ4v) is 2.50. The van der Waals surface area contributed by atoms with E-state index in [0.717, 1.165) is 31.5 Å². The van der Waals surface area contributed by atoms with Gasteiger partial charge >= 0.3 is 0 Å². The van der Waals surface area contributed by atoms with Gasteiger partial charge in [-0.3, -0.25) is 4.79 Å². The number of hydrogen-bond acceptors (Lipinski definition) is 2. The van der Waals surface area contributed by atoms with E-state index in [1.54, 1.807) is 0 Å². The number of carbonyl (C=O) groups is 1. The van der Waals surface area contributed by atoms with E-state index in [1.165, 1.54) is 0 Å². The van der Waals surface area contributed by atoms with Gasteiger partial charge in [-0.05, 0) is 23.8 Å². The van der Waals surface area contributed by atoms with E-state index in [0.29, 0.717) is 11.8 Å². The highest BCUT2D eigenvalue weighted by Gasteiger charge is 2.28. The van der Waals surface area contributed by atoms with Gasteiger partial charge in [-0.15, -0.1) is 0 Å². The molecule has 3 nitrogen and oxygen atoms in total. The lowest BCUT2D eigenvalue weighted by Gasteiger charge is -2.37. The first-order valence-electron chi connectivity index (χ1n) is 7.06. The van der Waals surface area contributed by atoms with Crippen LogP contribution >= 0.6 is 0 Å². The highest BCUT2D eigenvalue weighted by atomic mass is 16.2. The van der Waals surface area contributed by atoms with Gasteiger partial charge in [0, 0.05) is 25.6 Å². The topological polar surface area (TPSA) is 46.3 Å². The second-order valence-corrected chi connectivity index (χ2v) is 6.27. The van der Waals surface area contributed by atoms with E-state index in [1.807, 2.05) is 35.2 Å². The van der Waals surface area contributed by atoms with Gasteiger partial charge in [0.05, 0.1) is 0 Å². The Kier molecular flexibility index (Phi) is 4.25. The van der Waals surface area contributed by atoms with Crippen molar-refractivity contribution in [2.45, 2.75) is 39.2 Å². The van der Waals surface area contributed by atoms with E-state index < -0.39 is 0 Å². The number of likely N-dealkylation sites (tertiary alicyclic amines) is 1. The van der Waals surface area contributed by atoms with Crippen LogP contribution < -0.4 is 5.73 Å². The van der Waals surface area contributed by atoms with Crippen molar-refractivity contribution >= 4 is 5.91 Å². The molecule has 19 heavy (non-hydrogen) atoms. The van der Waals surface area contributed by atoms with Crippen LogP contribution in [0.4, 0.5) is 0 Å². The van der Waals surface area contributed by atoms with Crippen LogP contribution in [0.1, 0.15) is 44.7 Å². The lowest BCUT2D eigenvalue weighted by atomic mass is 9.82. The smallest absolute Gasteiger partial charge is 0.224 e. The molecule has 1 aliphatic rings. The largest absolute Gasteiger partial charge is 0.343 e. The fraction of sp³-hybridized carbons (Fsp3) is 0.562. The molecule has 1 heterocycles. The molecule has 1 saturated heterocycles. The van der Waals surface area contributed by atoms with Gasteiger partial charge in [-0.2, -0.15) is 0 Å². The quantitative estimate of drug-likeness (QED) is 0.908. The van der Waals surface area contributed by atoms with Crippen LogP contribution in [0.2, 0.25) is 0 Å².